The van der Waals surface area contributed by atoms with E-state index >= 15 is 0 Å². The highest BCUT2D eigenvalue weighted by molar-refractivity contribution is 5.91. The number of esters is 1. The normalized spacial score (nSPS) is 29.2. The molecule has 0 aromatic rings. The molecule has 0 bridgehead atoms. The summed E-state index contributed by atoms with van der Waals surface area (Å²) >= 11 is 0. The van der Waals surface area contributed by atoms with Crippen LogP contribution in [0.4, 0.5) is 0 Å². The Balaban J connectivity index is 2.47. The minimum Gasteiger partial charge on any atom is -0.456 e. The van der Waals surface area contributed by atoms with Gasteiger partial charge in [-0.1, -0.05) is 19.9 Å². The third-order valence-electron chi connectivity index (χ3n) is 2.07. The van der Waals surface area contributed by atoms with Gasteiger partial charge in [-0.05, 0) is 12.8 Å². The molecule has 0 saturated carbocycles. The van der Waals surface area contributed by atoms with Crippen molar-refractivity contribution in [3.63, 3.8) is 0 Å². The van der Waals surface area contributed by atoms with Crippen molar-refractivity contribution in [3.8, 4) is 0 Å². The molecule has 1 aliphatic rings. The number of hydrogen-bond acceptors (Lipinski definition) is 3. The van der Waals surface area contributed by atoms with Crippen molar-refractivity contribution < 1.29 is 14.6 Å². The zero-order valence-corrected chi connectivity index (χ0v) is 7.25. The van der Waals surface area contributed by atoms with Crippen LogP contribution in [0.1, 0.15) is 26.2 Å². The van der Waals surface area contributed by atoms with Gasteiger partial charge in [0.05, 0.1) is 5.57 Å². The number of cyclic esters (lactones) is 1. The first kappa shape index (κ1) is 9.26. The average molecular weight is 170 g/mol. The van der Waals surface area contributed by atoms with Crippen LogP contribution in [0.5, 0.6) is 0 Å². The van der Waals surface area contributed by atoms with Gasteiger partial charge in [0.2, 0.25) is 0 Å². The number of rotatable bonds is 3. The molecule has 1 saturated heterocycles. The van der Waals surface area contributed by atoms with E-state index in [0.717, 1.165) is 19.3 Å². The van der Waals surface area contributed by atoms with E-state index in [2.05, 4.69) is 13.5 Å². The van der Waals surface area contributed by atoms with E-state index < -0.39 is 12.1 Å². The fourth-order valence-electron chi connectivity index (χ4n) is 1.24. The van der Waals surface area contributed by atoms with Crippen LogP contribution < -0.4 is 0 Å². The molecule has 0 aromatic heterocycles. The van der Waals surface area contributed by atoms with Gasteiger partial charge in [-0.15, -0.1) is 0 Å². The van der Waals surface area contributed by atoms with Gasteiger partial charge in [0.15, 0.2) is 0 Å². The predicted octanol–water partition coefficient (Wildman–Crippen LogP) is 1.02. The first-order valence-corrected chi connectivity index (χ1v) is 4.24. The summed E-state index contributed by atoms with van der Waals surface area (Å²) < 4.78 is 4.90. The molecule has 3 heteroatoms. The van der Waals surface area contributed by atoms with E-state index in [0.29, 0.717) is 0 Å². The first-order valence-electron chi connectivity index (χ1n) is 4.24. The molecule has 0 spiro atoms. The Bertz CT molecular complexity index is 198. The summed E-state index contributed by atoms with van der Waals surface area (Å²) in [6.07, 6.45) is 1.58. The summed E-state index contributed by atoms with van der Waals surface area (Å²) in [6.45, 7) is 5.50. The van der Waals surface area contributed by atoms with Crippen LogP contribution >= 0.6 is 0 Å². The minimum atomic E-state index is -0.788. The standard InChI is InChI=1S/C9H14O3/c1-3-4-5-7-8(10)6(2)9(11)12-7/h7-8,10H,2-5H2,1H3. The molecule has 2 atom stereocenters. The summed E-state index contributed by atoms with van der Waals surface area (Å²) in [5.41, 5.74) is 0.191. The molecule has 2 unspecified atom stereocenters. The molecule has 12 heavy (non-hydrogen) atoms. The summed E-state index contributed by atoms with van der Waals surface area (Å²) in [5.74, 6) is -0.455. The number of hydrogen-bond donors (Lipinski definition) is 1. The summed E-state index contributed by atoms with van der Waals surface area (Å²) in [7, 11) is 0. The van der Waals surface area contributed by atoms with Gasteiger partial charge >= 0.3 is 5.97 Å². The summed E-state index contributed by atoms with van der Waals surface area (Å²) in [4.78, 5) is 10.9. The largest absolute Gasteiger partial charge is 0.456 e. The third-order valence-corrected chi connectivity index (χ3v) is 2.07. The maximum absolute atomic E-state index is 10.9. The van der Waals surface area contributed by atoms with E-state index in [9.17, 15) is 9.90 Å². The highest BCUT2D eigenvalue weighted by Gasteiger charge is 2.36. The fraction of sp³-hybridized carbons (Fsp3) is 0.667. The predicted molar refractivity (Wildman–Crippen MR) is 44.6 cm³/mol. The molecule has 68 valence electrons. The zero-order valence-electron chi connectivity index (χ0n) is 7.25. The van der Waals surface area contributed by atoms with Crippen LogP contribution in [-0.4, -0.2) is 23.3 Å². The van der Waals surface area contributed by atoms with E-state index in [1.54, 1.807) is 0 Å². The molecular weight excluding hydrogens is 156 g/mol. The van der Waals surface area contributed by atoms with Crippen molar-refractivity contribution >= 4 is 5.97 Å². The average Bonchev–Trinajstić information content (AvgIpc) is 2.30. The summed E-state index contributed by atoms with van der Waals surface area (Å²) in [5, 5.41) is 9.41. The van der Waals surface area contributed by atoms with Crippen molar-refractivity contribution in [2.45, 2.75) is 38.4 Å². The van der Waals surface area contributed by atoms with Gasteiger partial charge in [-0.3, -0.25) is 0 Å². The van der Waals surface area contributed by atoms with E-state index in [1.807, 2.05) is 0 Å². The molecule has 1 N–H and O–H groups in total. The lowest BCUT2D eigenvalue weighted by atomic mass is 10.0. The Hall–Kier alpha value is -0.830. The van der Waals surface area contributed by atoms with E-state index in [1.165, 1.54) is 0 Å². The Morgan fingerprint density at radius 3 is 2.75 bits per heavy atom. The number of unbranched alkanes of at least 4 members (excludes halogenated alkanes) is 1. The number of aliphatic hydroxyl groups excluding tert-OH is 1. The maximum Gasteiger partial charge on any atom is 0.336 e. The Kier molecular flexibility index (Phi) is 2.87. The van der Waals surface area contributed by atoms with Gasteiger partial charge in [-0.2, -0.15) is 0 Å². The second kappa shape index (κ2) is 3.72. The molecule has 0 aromatic carbocycles. The topological polar surface area (TPSA) is 46.5 Å². The Morgan fingerprint density at radius 2 is 2.33 bits per heavy atom. The van der Waals surface area contributed by atoms with Crippen LogP contribution in [0.15, 0.2) is 12.2 Å². The molecule has 0 amide bonds. The lowest BCUT2D eigenvalue weighted by Crippen LogP contribution is -2.21. The molecule has 3 nitrogen and oxygen atoms in total. The van der Waals surface area contributed by atoms with Gasteiger partial charge in [0.1, 0.15) is 12.2 Å². The molecule has 0 radical (unpaired) electrons. The van der Waals surface area contributed by atoms with Gasteiger partial charge in [-0.25, -0.2) is 4.79 Å². The molecule has 1 aliphatic heterocycles. The van der Waals surface area contributed by atoms with Crippen molar-refractivity contribution in [2.75, 3.05) is 0 Å². The monoisotopic (exact) mass is 170 g/mol. The van der Waals surface area contributed by atoms with E-state index in [-0.39, 0.29) is 11.7 Å². The highest BCUT2D eigenvalue weighted by Crippen LogP contribution is 2.23. The van der Waals surface area contributed by atoms with Crippen LogP contribution in [0.2, 0.25) is 0 Å². The molecule has 1 heterocycles. The van der Waals surface area contributed by atoms with Crippen molar-refractivity contribution in [1.82, 2.24) is 0 Å². The Labute approximate surface area is 72.0 Å². The number of carbonyl (C=O) groups excluding carboxylic acids is 1. The minimum absolute atomic E-state index is 0.191. The number of aliphatic hydroxyl groups is 1. The highest BCUT2D eigenvalue weighted by atomic mass is 16.6. The molecule has 0 aliphatic carbocycles. The second-order valence-corrected chi connectivity index (χ2v) is 3.06. The van der Waals surface area contributed by atoms with Crippen molar-refractivity contribution in [2.24, 2.45) is 0 Å². The van der Waals surface area contributed by atoms with Crippen LogP contribution in [-0.2, 0) is 9.53 Å². The Morgan fingerprint density at radius 1 is 1.67 bits per heavy atom. The van der Waals surface area contributed by atoms with Gasteiger partial charge in [0, 0.05) is 0 Å². The number of carbonyl (C=O) groups is 1. The summed E-state index contributed by atoms with van der Waals surface area (Å²) in [6, 6.07) is 0. The van der Waals surface area contributed by atoms with Gasteiger partial charge < -0.3 is 9.84 Å². The maximum atomic E-state index is 10.9. The van der Waals surface area contributed by atoms with E-state index in [4.69, 9.17) is 4.74 Å². The van der Waals surface area contributed by atoms with Crippen LogP contribution in [0.3, 0.4) is 0 Å². The SMILES string of the molecule is C=C1C(=O)OC(CCCC)C1O. The smallest absolute Gasteiger partial charge is 0.336 e. The van der Waals surface area contributed by atoms with Crippen LogP contribution in [0, 0.1) is 0 Å². The molecular formula is C9H14O3. The lowest BCUT2D eigenvalue weighted by molar-refractivity contribution is -0.139. The van der Waals surface area contributed by atoms with Gasteiger partial charge in [0.25, 0.3) is 0 Å². The fourth-order valence-corrected chi connectivity index (χ4v) is 1.24. The van der Waals surface area contributed by atoms with Crippen molar-refractivity contribution in [1.29, 1.82) is 0 Å². The second-order valence-electron chi connectivity index (χ2n) is 3.06. The number of ether oxygens (including phenoxy) is 1. The quantitative estimate of drug-likeness (QED) is 0.508. The molecule has 1 fully saturated rings. The lowest BCUT2D eigenvalue weighted by Gasteiger charge is -2.11. The zero-order chi connectivity index (χ0) is 9.14. The van der Waals surface area contributed by atoms with Crippen molar-refractivity contribution in [3.05, 3.63) is 12.2 Å². The third kappa shape index (κ3) is 1.67. The van der Waals surface area contributed by atoms with Crippen LogP contribution in [0.25, 0.3) is 0 Å². The first-order chi connectivity index (χ1) is 5.66. The molecule has 1 rings (SSSR count).